The molecule has 0 fully saturated rings. The van der Waals surface area contributed by atoms with E-state index in [1.807, 2.05) is 20.9 Å². The molecule has 1 aliphatic heterocycles. The van der Waals surface area contributed by atoms with Gasteiger partial charge in [0.1, 0.15) is 6.10 Å². The van der Waals surface area contributed by atoms with Gasteiger partial charge in [0.05, 0.1) is 29.8 Å². The van der Waals surface area contributed by atoms with Gasteiger partial charge in [-0.2, -0.15) is 5.10 Å². The van der Waals surface area contributed by atoms with Crippen LogP contribution < -0.4 is 10.6 Å². The topological polar surface area (TPSA) is 80.5 Å². The molecule has 2 amide bonds. The molecule has 7 heteroatoms. The van der Waals surface area contributed by atoms with Crippen molar-refractivity contribution < 1.29 is 9.63 Å². The lowest BCUT2D eigenvalue weighted by atomic mass is 10.1. The van der Waals surface area contributed by atoms with Crippen molar-refractivity contribution in [2.75, 3.05) is 11.9 Å². The Morgan fingerprint density at radius 3 is 3.00 bits per heavy atom. The van der Waals surface area contributed by atoms with Crippen molar-refractivity contribution >= 4 is 17.4 Å². The minimum Gasteiger partial charge on any atom is -0.390 e. The number of hydrogen-bond donors (Lipinski definition) is 2. The highest BCUT2D eigenvalue weighted by Crippen LogP contribution is 2.13. The van der Waals surface area contributed by atoms with Gasteiger partial charge in [-0.1, -0.05) is 12.1 Å². The summed E-state index contributed by atoms with van der Waals surface area (Å²) in [4.78, 5) is 16.9. The van der Waals surface area contributed by atoms with Crippen molar-refractivity contribution in [2.45, 2.75) is 32.8 Å². The number of carbonyl (C=O) groups is 1. The molecule has 2 N–H and O–H groups in total. The molecule has 2 rings (SSSR count). The summed E-state index contributed by atoms with van der Waals surface area (Å²) in [6.07, 6.45) is 3.23. The van der Waals surface area contributed by atoms with Crippen molar-refractivity contribution in [3.63, 3.8) is 0 Å². The molecule has 1 aliphatic rings. The van der Waals surface area contributed by atoms with Gasteiger partial charge < -0.3 is 15.5 Å². The SMILES string of the molecule is CCC1=NO[C@@H](CNC(=O)Nc2cnn(C)c2C)C1. The summed E-state index contributed by atoms with van der Waals surface area (Å²) in [5.41, 5.74) is 2.65. The number of amides is 2. The molecule has 0 unspecified atom stereocenters. The van der Waals surface area contributed by atoms with Crippen LogP contribution in [-0.4, -0.2) is 34.2 Å². The second kappa shape index (κ2) is 5.73. The Bertz CT molecular complexity index is 494. The van der Waals surface area contributed by atoms with Gasteiger partial charge in [0.2, 0.25) is 0 Å². The number of aryl methyl sites for hydroxylation is 1. The van der Waals surface area contributed by atoms with E-state index in [2.05, 4.69) is 20.9 Å². The second-order valence-electron chi connectivity index (χ2n) is 4.54. The van der Waals surface area contributed by atoms with Crippen LogP contribution in [0, 0.1) is 6.92 Å². The fourth-order valence-corrected chi connectivity index (χ4v) is 1.80. The number of oxime groups is 1. The highest BCUT2D eigenvalue weighted by atomic mass is 16.6. The standard InChI is InChI=1S/C12H19N5O2/c1-4-9-5-10(19-16-9)6-13-12(18)15-11-7-14-17(3)8(11)2/h7,10H,4-6H2,1-3H3,(H2,13,15,18)/t10-/m1/s1. The summed E-state index contributed by atoms with van der Waals surface area (Å²) in [7, 11) is 1.83. The van der Waals surface area contributed by atoms with E-state index in [0.29, 0.717) is 12.2 Å². The zero-order valence-electron chi connectivity index (χ0n) is 11.4. The summed E-state index contributed by atoms with van der Waals surface area (Å²) in [5.74, 6) is 0. The Morgan fingerprint density at radius 1 is 1.63 bits per heavy atom. The van der Waals surface area contributed by atoms with Gasteiger partial charge in [0, 0.05) is 13.5 Å². The molecule has 0 spiro atoms. The van der Waals surface area contributed by atoms with E-state index in [4.69, 9.17) is 4.84 Å². The number of nitrogens with one attached hydrogen (secondary N) is 2. The molecule has 0 bridgehead atoms. The molecule has 7 nitrogen and oxygen atoms in total. The van der Waals surface area contributed by atoms with Gasteiger partial charge in [-0.05, 0) is 13.3 Å². The first-order valence-electron chi connectivity index (χ1n) is 6.35. The molecule has 0 aliphatic carbocycles. The Hall–Kier alpha value is -2.05. The van der Waals surface area contributed by atoms with Gasteiger partial charge in [0.15, 0.2) is 0 Å². The van der Waals surface area contributed by atoms with Crippen LogP contribution in [0.1, 0.15) is 25.5 Å². The fourth-order valence-electron chi connectivity index (χ4n) is 1.80. The van der Waals surface area contributed by atoms with Gasteiger partial charge >= 0.3 is 6.03 Å². The van der Waals surface area contributed by atoms with Crippen LogP contribution >= 0.6 is 0 Å². The molecule has 0 radical (unpaired) electrons. The minimum atomic E-state index is -0.260. The number of carbonyl (C=O) groups excluding carboxylic acids is 1. The highest BCUT2D eigenvalue weighted by molar-refractivity contribution is 5.90. The Morgan fingerprint density at radius 2 is 2.42 bits per heavy atom. The number of anilines is 1. The largest absolute Gasteiger partial charge is 0.390 e. The van der Waals surface area contributed by atoms with Crippen molar-refractivity contribution in [1.29, 1.82) is 0 Å². The maximum atomic E-state index is 11.7. The van der Waals surface area contributed by atoms with Gasteiger partial charge in [-0.15, -0.1) is 0 Å². The van der Waals surface area contributed by atoms with Crippen LogP contribution in [0.25, 0.3) is 0 Å². The number of nitrogens with zero attached hydrogens (tertiary/aromatic N) is 3. The van der Waals surface area contributed by atoms with E-state index in [0.717, 1.165) is 24.2 Å². The van der Waals surface area contributed by atoms with E-state index in [1.54, 1.807) is 10.9 Å². The summed E-state index contributed by atoms with van der Waals surface area (Å²) < 4.78 is 1.71. The van der Waals surface area contributed by atoms with Crippen LogP contribution in [0.15, 0.2) is 11.4 Å². The van der Waals surface area contributed by atoms with Gasteiger partial charge in [-0.3, -0.25) is 4.68 Å². The summed E-state index contributed by atoms with van der Waals surface area (Å²) in [6.45, 7) is 4.37. The van der Waals surface area contributed by atoms with Crippen LogP contribution in [0.4, 0.5) is 10.5 Å². The highest BCUT2D eigenvalue weighted by Gasteiger charge is 2.20. The molecule has 0 saturated carbocycles. The third kappa shape index (κ3) is 3.24. The zero-order chi connectivity index (χ0) is 13.8. The van der Waals surface area contributed by atoms with Crippen LogP contribution in [0.2, 0.25) is 0 Å². The molecular weight excluding hydrogens is 246 g/mol. The van der Waals surface area contributed by atoms with E-state index in [-0.39, 0.29) is 12.1 Å². The van der Waals surface area contributed by atoms with Crippen LogP contribution in [0.3, 0.4) is 0 Å². The first-order valence-corrected chi connectivity index (χ1v) is 6.35. The third-order valence-corrected chi connectivity index (χ3v) is 3.18. The average molecular weight is 265 g/mol. The quantitative estimate of drug-likeness (QED) is 0.863. The second-order valence-corrected chi connectivity index (χ2v) is 4.54. The average Bonchev–Trinajstić information content (AvgIpc) is 2.98. The summed E-state index contributed by atoms with van der Waals surface area (Å²) in [5, 5.41) is 13.5. The predicted octanol–water partition coefficient (Wildman–Crippen LogP) is 1.40. The third-order valence-electron chi connectivity index (χ3n) is 3.18. The number of aromatic nitrogens is 2. The normalized spacial score (nSPS) is 17.8. The maximum Gasteiger partial charge on any atom is 0.319 e. The maximum absolute atomic E-state index is 11.7. The van der Waals surface area contributed by atoms with Crippen LogP contribution in [0.5, 0.6) is 0 Å². The zero-order valence-corrected chi connectivity index (χ0v) is 11.4. The van der Waals surface area contributed by atoms with Gasteiger partial charge in [0.25, 0.3) is 0 Å². The van der Waals surface area contributed by atoms with E-state index < -0.39 is 0 Å². The Balaban J connectivity index is 1.75. The molecule has 1 atom stereocenters. The van der Waals surface area contributed by atoms with Crippen LogP contribution in [-0.2, 0) is 11.9 Å². The van der Waals surface area contributed by atoms with Crippen molar-refractivity contribution in [2.24, 2.45) is 12.2 Å². The first-order chi connectivity index (χ1) is 9.10. The lowest BCUT2D eigenvalue weighted by Crippen LogP contribution is -2.35. The lowest BCUT2D eigenvalue weighted by molar-refractivity contribution is 0.0870. The van der Waals surface area contributed by atoms with E-state index in [1.165, 1.54) is 0 Å². The van der Waals surface area contributed by atoms with Crippen molar-refractivity contribution in [1.82, 2.24) is 15.1 Å². The summed E-state index contributed by atoms with van der Waals surface area (Å²) >= 11 is 0. The first kappa shape index (κ1) is 13.4. The predicted molar refractivity (Wildman–Crippen MR) is 72.2 cm³/mol. The number of urea groups is 1. The Labute approximate surface area is 112 Å². The summed E-state index contributed by atoms with van der Waals surface area (Å²) in [6, 6.07) is -0.260. The fraction of sp³-hybridized carbons (Fsp3) is 0.583. The number of hydrogen-bond acceptors (Lipinski definition) is 4. The van der Waals surface area contributed by atoms with Crippen molar-refractivity contribution in [3.8, 4) is 0 Å². The number of rotatable bonds is 4. The smallest absolute Gasteiger partial charge is 0.319 e. The molecule has 2 heterocycles. The molecule has 1 aromatic rings. The Kier molecular flexibility index (Phi) is 4.03. The molecule has 19 heavy (non-hydrogen) atoms. The minimum absolute atomic E-state index is 0.0595. The molecule has 104 valence electrons. The van der Waals surface area contributed by atoms with Gasteiger partial charge in [-0.25, -0.2) is 4.79 Å². The molecular formula is C12H19N5O2. The molecule has 1 aromatic heterocycles. The molecule has 0 aromatic carbocycles. The lowest BCUT2D eigenvalue weighted by Gasteiger charge is -2.10. The monoisotopic (exact) mass is 265 g/mol. The van der Waals surface area contributed by atoms with E-state index in [9.17, 15) is 4.79 Å². The van der Waals surface area contributed by atoms with Crippen molar-refractivity contribution in [3.05, 3.63) is 11.9 Å². The van der Waals surface area contributed by atoms with E-state index >= 15 is 0 Å². The molecule has 0 saturated heterocycles.